The van der Waals surface area contributed by atoms with Gasteiger partial charge in [-0.15, -0.1) is 6.42 Å². The Balaban J connectivity index is 3.71. The van der Waals surface area contributed by atoms with E-state index in [1.807, 2.05) is 0 Å². The summed E-state index contributed by atoms with van der Waals surface area (Å²) in [6, 6.07) is 0. The molecule has 6 heteroatoms. The van der Waals surface area contributed by atoms with Crippen molar-refractivity contribution >= 4 is 28.6 Å². The van der Waals surface area contributed by atoms with Gasteiger partial charge in [-0.1, -0.05) is 5.92 Å². The molecule has 0 saturated heterocycles. The van der Waals surface area contributed by atoms with Crippen LogP contribution in [0.1, 0.15) is 13.8 Å². The van der Waals surface area contributed by atoms with E-state index in [0.717, 1.165) is 0 Å². The highest BCUT2D eigenvalue weighted by Gasteiger charge is 2.19. The summed E-state index contributed by atoms with van der Waals surface area (Å²) in [6.45, 7) is 3.56. The fourth-order valence-corrected chi connectivity index (χ4v) is 1.86. The lowest BCUT2D eigenvalue weighted by molar-refractivity contribution is 0.0428. The summed E-state index contributed by atoms with van der Waals surface area (Å²) in [5.41, 5.74) is 0. The first-order valence-corrected chi connectivity index (χ1v) is 7.04. The monoisotopic (exact) mass is 244 g/mol. The average Bonchev–Trinajstić information content (AvgIpc) is 1.97. The van der Waals surface area contributed by atoms with E-state index in [1.165, 1.54) is 0 Å². The van der Waals surface area contributed by atoms with Gasteiger partial charge >= 0.3 is 6.07 Å². The van der Waals surface area contributed by atoms with E-state index in [9.17, 15) is 4.57 Å². The molecular formula is C7H11Cl2O3P. The van der Waals surface area contributed by atoms with E-state index in [0.29, 0.717) is 0 Å². The van der Waals surface area contributed by atoms with Crippen molar-refractivity contribution in [2.75, 3.05) is 6.61 Å². The summed E-state index contributed by atoms with van der Waals surface area (Å²) in [4.78, 5) is 0. The minimum absolute atomic E-state index is 0.203. The highest BCUT2D eigenvalue weighted by atomic mass is 35.9. The largest absolute Gasteiger partial charge is 0.380 e. The molecule has 13 heavy (non-hydrogen) atoms. The molecule has 0 aliphatic rings. The Morgan fingerprint density at radius 1 is 1.54 bits per heavy atom. The Hall–Kier alpha value is 0.290. The predicted molar refractivity (Wildman–Crippen MR) is 54.1 cm³/mol. The molecule has 76 valence electrons. The van der Waals surface area contributed by atoms with Crippen LogP contribution in [0.5, 0.6) is 0 Å². The summed E-state index contributed by atoms with van der Waals surface area (Å²) >= 11 is 10.4. The van der Waals surface area contributed by atoms with E-state index in [-0.39, 0.29) is 12.7 Å². The van der Waals surface area contributed by atoms with Crippen molar-refractivity contribution < 1.29 is 13.8 Å². The van der Waals surface area contributed by atoms with Crippen LogP contribution in [0.3, 0.4) is 0 Å². The number of terminal acetylenes is 1. The summed E-state index contributed by atoms with van der Waals surface area (Å²) in [5, 5.41) is 0. The second kappa shape index (κ2) is 5.90. The van der Waals surface area contributed by atoms with Crippen LogP contribution in [0.25, 0.3) is 0 Å². The first-order valence-electron chi connectivity index (χ1n) is 3.60. The fourth-order valence-electron chi connectivity index (χ4n) is 0.568. The van der Waals surface area contributed by atoms with Gasteiger partial charge in [-0.2, -0.15) is 0 Å². The molecule has 0 aromatic rings. The van der Waals surface area contributed by atoms with Crippen molar-refractivity contribution in [1.82, 2.24) is 0 Å². The summed E-state index contributed by atoms with van der Waals surface area (Å²) in [6.07, 6.45) is 0.829. The molecule has 0 amide bonds. The molecule has 0 heterocycles. The molecule has 0 spiro atoms. The molecule has 0 aliphatic heterocycles. The first-order chi connectivity index (χ1) is 5.85. The molecule has 0 aromatic heterocycles. The number of halogens is 2. The van der Waals surface area contributed by atoms with Crippen LogP contribution in [0.4, 0.5) is 0 Å². The SMILES string of the molecule is C#CC(C)OCC(C)OP(=O)(Cl)Cl. The maximum absolute atomic E-state index is 10.8. The van der Waals surface area contributed by atoms with Crippen molar-refractivity contribution in [1.29, 1.82) is 0 Å². The van der Waals surface area contributed by atoms with Crippen LogP contribution in [-0.4, -0.2) is 18.8 Å². The quantitative estimate of drug-likeness (QED) is 0.551. The number of hydrogen-bond donors (Lipinski definition) is 0. The predicted octanol–water partition coefficient (Wildman–Crippen LogP) is 3.02. The van der Waals surface area contributed by atoms with Gasteiger partial charge < -0.3 is 9.26 Å². The third-order valence-electron chi connectivity index (χ3n) is 1.12. The molecule has 0 fully saturated rings. The second-order valence-electron chi connectivity index (χ2n) is 2.47. The van der Waals surface area contributed by atoms with Crippen LogP contribution in [0, 0.1) is 12.3 Å². The molecule has 2 unspecified atom stereocenters. The van der Waals surface area contributed by atoms with Gasteiger partial charge in [-0.25, -0.2) is 0 Å². The summed E-state index contributed by atoms with van der Waals surface area (Å²) in [5.74, 6) is 2.37. The van der Waals surface area contributed by atoms with Crippen molar-refractivity contribution in [3.63, 3.8) is 0 Å². The van der Waals surface area contributed by atoms with Gasteiger partial charge in [0.2, 0.25) is 0 Å². The molecule has 0 bridgehead atoms. The third kappa shape index (κ3) is 8.62. The molecule has 0 aliphatic carbocycles. The Kier molecular flexibility index (Phi) is 6.04. The van der Waals surface area contributed by atoms with E-state index >= 15 is 0 Å². The fraction of sp³-hybridized carbons (Fsp3) is 0.714. The topological polar surface area (TPSA) is 35.5 Å². The lowest BCUT2D eigenvalue weighted by Crippen LogP contribution is -2.17. The maximum atomic E-state index is 10.8. The van der Waals surface area contributed by atoms with E-state index < -0.39 is 12.2 Å². The number of rotatable bonds is 5. The Morgan fingerprint density at radius 3 is 2.46 bits per heavy atom. The normalized spacial score (nSPS) is 16.2. The Bertz CT molecular complexity index is 232. The zero-order chi connectivity index (χ0) is 10.5. The third-order valence-corrected chi connectivity index (χ3v) is 2.20. The van der Waals surface area contributed by atoms with E-state index in [1.54, 1.807) is 13.8 Å². The highest BCUT2D eigenvalue weighted by molar-refractivity contribution is 8.05. The van der Waals surface area contributed by atoms with Gasteiger partial charge in [0.1, 0.15) is 6.10 Å². The lowest BCUT2D eigenvalue weighted by atomic mass is 10.4. The molecule has 0 radical (unpaired) electrons. The smallest absolute Gasteiger partial charge is 0.363 e. The average molecular weight is 245 g/mol. The van der Waals surface area contributed by atoms with Crippen molar-refractivity contribution in [2.24, 2.45) is 0 Å². The van der Waals surface area contributed by atoms with Gasteiger partial charge in [-0.05, 0) is 36.3 Å². The van der Waals surface area contributed by atoms with E-state index in [4.69, 9.17) is 38.2 Å². The zero-order valence-corrected chi connectivity index (χ0v) is 9.77. The first kappa shape index (κ1) is 13.3. The summed E-state index contributed by atoms with van der Waals surface area (Å²) in [7, 11) is 0. The molecule has 3 nitrogen and oxygen atoms in total. The van der Waals surface area contributed by atoms with Crippen molar-refractivity contribution in [2.45, 2.75) is 26.1 Å². The minimum Gasteiger partial charge on any atom is -0.363 e. The van der Waals surface area contributed by atoms with Crippen LogP contribution in [0.2, 0.25) is 0 Å². The van der Waals surface area contributed by atoms with Gasteiger partial charge in [0.25, 0.3) is 0 Å². The Morgan fingerprint density at radius 2 is 2.08 bits per heavy atom. The van der Waals surface area contributed by atoms with Crippen LogP contribution >= 0.6 is 28.6 Å². The maximum Gasteiger partial charge on any atom is 0.380 e. The van der Waals surface area contributed by atoms with Crippen LogP contribution < -0.4 is 0 Å². The van der Waals surface area contributed by atoms with Crippen LogP contribution in [-0.2, 0) is 13.8 Å². The summed E-state index contributed by atoms with van der Waals surface area (Å²) < 4.78 is 20.6. The number of ether oxygens (including phenoxy) is 1. The van der Waals surface area contributed by atoms with Gasteiger partial charge in [-0.3, -0.25) is 4.57 Å². The van der Waals surface area contributed by atoms with E-state index in [2.05, 4.69) is 5.92 Å². The standard InChI is InChI=1S/C7H11Cl2O3P/c1-4-6(2)11-5-7(3)12-13(8,9)10/h1,6-7H,5H2,2-3H3. The van der Waals surface area contributed by atoms with Gasteiger partial charge in [0.05, 0.1) is 12.7 Å². The van der Waals surface area contributed by atoms with Crippen molar-refractivity contribution in [3.8, 4) is 12.3 Å². The lowest BCUT2D eigenvalue weighted by Gasteiger charge is -2.14. The molecule has 0 saturated carbocycles. The molecule has 2 atom stereocenters. The van der Waals surface area contributed by atoms with Crippen molar-refractivity contribution in [3.05, 3.63) is 0 Å². The van der Waals surface area contributed by atoms with Crippen LogP contribution in [0.15, 0.2) is 0 Å². The molecular weight excluding hydrogens is 234 g/mol. The highest BCUT2D eigenvalue weighted by Crippen LogP contribution is 2.58. The van der Waals surface area contributed by atoms with Gasteiger partial charge in [0, 0.05) is 0 Å². The zero-order valence-electron chi connectivity index (χ0n) is 7.37. The Labute approximate surface area is 87.7 Å². The number of hydrogen-bond acceptors (Lipinski definition) is 3. The molecule has 0 N–H and O–H groups in total. The molecule has 0 aromatic carbocycles. The minimum atomic E-state index is -3.48. The van der Waals surface area contributed by atoms with Gasteiger partial charge in [0.15, 0.2) is 0 Å². The molecule has 0 rings (SSSR count). The second-order valence-corrected chi connectivity index (χ2v) is 6.70.